The third-order valence-electron chi connectivity index (χ3n) is 3.67. The van der Waals surface area contributed by atoms with E-state index in [1.807, 2.05) is 54.6 Å². The van der Waals surface area contributed by atoms with Gasteiger partial charge in [-0.2, -0.15) is 0 Å². The molecule has 23 heavy (non-hydrogen) atoms. The average Bonchev–Trinajstić information content (AvgIpc) is 3.14. The number of nitrogens with one attached hydrogen (secondary N) is 1. The highest BCUT2D eigenvalue weighted by Gasteiger charge is 2.19. The van der Waals surface area contributed by atoms with Crippen LogP contribution in [0.15, 0.2) is 77.7 Å². The number of pyridine rings is 1. The number of aromatic nitrogens is 3. The normalized spacial score (nSPS) is 12.2. The molecule has 2 aromatic heterocycles. The maximum absolute atomic E-state index is 5.41. The van der Waals surface area contributed by atoms with Gasteiger partial charge in [-0.25, -0.2) is 0 Å². The van der Waals surface area contributed by atoms with Crippen LogP contribution in [0.5, 0.6) is 0 Å². The second-order valence-corrected chi connectivity index (χ2v) is 5.18. The Morgan fingerprint density at radius 1 is 0.957 bits per heavy atom. The second kappa shape index (κ2) is 5.88. The van der Waals surface area contributed by atoms with Crippen LogP contribution in [0.25, 0.3) is 10.9 Å². The van der Waals surface area contributed by atoms with Crippen molar-refractivity contribution >= 4 is 16.6 Å². The van der Waals surface area contributed by atoms with Gasteiger partial charge in [0, 0.05) is 17.3 Å². The van der Waals surface area contributed by atoms with Gasteiger partial charge < -0.3 is 9.73 Å². The molecule has 0 radical (unpaired) electrons. The number of rotatable bonds is 4. The summed E-state index contributed by atoms with van der Waals surface area (Å²) in [5.74, 6) is 0.530. The molecule has 0 saturated heterocycles. The van der Waals surface area contributed by atoms with E-state index in [0.717, 1.165) is 22.2 Å². The molecule has 0 amide bonds. The highest BCUT2D eigenvalue weighted by atomic mass is 16.4. The van der Waals surface area contributed by atoms with Gasteiger partial charge in [-0.15, -0.1) is 10.2 Å². The van der Waals surface area contributed by atoms with Crippen molar-refractivity contribution in [2.45, 2.75) is 6.04 Å². The van der Waals surface area contributed by atoms with Crippen LogP contribution in [0.3, 0.4) is 0 Å². The molecule has 0 fully saturated rings. The molecule has 5 nitrogen and oxygen atoms in total. The highest BCUT2D eigenvalue weighted by Crippen LogP contribution is 2.26. The van der Waals surface area contributed by atoms with E-state index < -0.39 is 0 Å². The molecule has 1 unspecified atom stereocenters. The van der Waals surface area contributed by atoms with Crippen molar-refractivity contribution in [3.05, 3.63) is 84.7 Å². The van der Waals surface area contributed by atoms with E-state index in [4.69, 9.17) is 4.42 Å². The zero-order valence-corrected chi connectivity index (χ0v) is 12.3. The first-order valence-electron chi connectivity index (χ1n) is 7.32. The van der Waals surface area contributed by atoms with Crippen molar-refractivity contribution in [1.29, 1.82) is 0 Å². The Balaban J connectivity index is 1.72. The Kier molecular flexibility index (Phi) is 3.44. The van der Waals surface area contributed by atoms with Gasteiger partial charge in [-0.1, -0.05) is 36.4 Å². The summed E-state index contributed by atoms with van der Waals surface area (Å²) in [6.07, 6.45) is 3.14. The number of hydrogen-bond donors (Lipinski definition) is 1. The van der Waals surface area contributed by atoms with E-state index in [-0.39, 0.29) is 6.04 Å². The van der Waals surface area contributed by atoms with Gasteiger partial charge in [-0.05, 0) is 29.8 Å². The molecule has 0 aliphatic heterocycles. The molecule has 0 spiro atoms. The van der Waals surface area contributed by atoms with E-state index in [9.17, 15) is 0 Å². The van der Waals surface area contributed by atoms with Crippen LogP contribution in [0, 0.1) is 0 Å². The SMILES string of the molecule is c1ccc(C(Nc2ccc3ncccc3c2)c2nnco2)cc1. The number of benzene rings is 2. The molecule has 1 atom stereocenters. The molecule has 0 saturated carbocycles. The van der Waals surface area contributed by atoms with Crippen LogP contribution in [-0.4, -0.2) is 15.2 Å². The first-order chi connectivity index (χ1) is 11.4. The fraction of sp³-hybridized carbons (Fsp3) is 0.0556. The molecule has 112 valence electrons. The molecule has 2 aromatic carbocycles. The summed E-state index contributed by atoms with van der Waals surface area (Å²) in [7, 11) is 0. The molecule has 0 aliphatic carbocycles. The maximum atomic E-state index is 5.41. The van der Waals surface area contributed by atoms with Crippen LogP contribution in [0.4, 0.5) is 5.69 Å². The van der Waals surface area contributed by atoms with E-state index in [0.29, 0.717) is 5.89 Å². The fourth-order valence-electron chi connectivity index (χ4n) is 2.57. The predicted octanol–water partition coefficient (Wildman–Crippen LogP) is 3.82. The summed E-state index contributed by atoms with van der Waals surface area (Å²) in [5.41, 5.74) is 2.99. The maximum Gasteiger partial charge on any atom is 0.242 e. The first kappa shape index (κ1) is 13.5. The lowest BCUT2D eigenvalue weighted by atomic mass is 10.1. The summed E-state index contributed by atoms with van der Waals surface area (Å²) in [6.45, 7) is 0. The molecular formula is C18H14N4O. The summed E-state index contributed by atoms with van der Waals surface area (Å²) in [5, 5.41) is 12.4. The lowest BCUT2D eigenvalue weighted by Gasteiger charge is -2.17. The van der Waals surface area contributed by atoms with Crippen molar-refractivity contribution in [2.75, 3.05) is 5.32 Å². The van der Waals surface area contributed by atoms with E-state index in [1.54, 1.807) is 6.20 Å². The summed E-state index contributed by atoms with van der Waals surface area (Å²) < 4.78 is 5.41. The monoisotopic (exact) mass is 302 g/mol. The Bertz CT molecular complexity index is 907. The van der Waals surface area contributed by atoms with Crippen LogP contribution in [0.1, 0.15) is 17.5 Å². The van der Waals surface area contributed by atoms with Gasteiger partial charge in [0.25, 0.3) is 0 Å². The summed E-state index contributed by atoms with van der Waals surface area (Å²) >= 11 is 0. The standard InChI is InChI=1S/C18H14N4O/c1-2-5-13(6-3-1)17(18-22-20-12-23-18)21-15-8-9-16-14(11-15)7-4-10-19-16/h1-12,17,21H. The Morgan fingerprint density at radius 2 is 1.87 bits per heavy atom. The summed E-state index contributed by atoms with van der Waals surface area (Å²) in [6, 6.07) is 19.9. The lowest BCUT2D eigenvalue weighted by Crippen LogP contribution is -2.12. The topological polar surface area (TPSA) is 63.8 Å². The quantitative estimate of drug-likeness (QED) is 0.621. The van der Waals surface area contributed by atoms with Gasteiger partial charge in [-0.3, -0.25) is 4.98 Å². The zero-order chi connectivity index (χ0) is 15.5. The zero-order valence-electron chi connectivity index (χ0n) is 12.3. The Labute approximate surface area is 133 Å². The molecule has 1 N–H and O–H groups in total. The van der Waals surface area contributed by atoms with Crippen molar-refractivity contribution in [1.82, 2.24) is 15.2 Å². The van der Waals surface area contributed by atoms with Crippen molar-refractivity contribution in [2.24, 2.45) is 0 Å². The van der Waals surface area contributed by atoms with Gasteiger partial charge in [0.2, 0.25) is 12.3 Å². The third kappa shape index (κ3) is 2.76. The smallest absolute Gasteiger partial charge is 0.242 e. The van der Waals surface area contributed by atoms with E-state index >= 15 is 0 Å². The minimum atomic E-state index is -0.201. The van der Waals surface area contributed by atoms with E-state index in [2.05, 4.69) is 26.6 Å². The summed E-state index contributed by atoms with van der Waals surface area (Å²) in [4.78, 5) is 4.34. The van der Waals surface area contributed by atoms with Gasteiger partial charge in [0.15, 0.2) is 0 Å². The van der Waals surface area contributed by atoms with Gasteiger partial charge in [0.1, 0.15) is 6.04 Å². The second-order valence-electron chi connectivity index (χ2n) is 5.18. The van der Waals surface area contributed by atoms with Gasteiger partial charge in [0.05, 0.1) is 5.52 Å². The van der Waals surface area contributed by atoms with Crippen molar-refractivity contribution in [3.63, 3.8) is 0 Å². The van der Waals surface area contributed by atoms with Gasteiger partial charge >= 0.3 is 0 Å². The largest absolute Gasteiger partial charge is 0.425 e. The fourth-order valence-corrected chi connectivity index (χ4v) is 2.57. The van der Waals surface area contributed by atoms with Crippen LogP contribution < -0.4 is 5.32 Å². The first-order valence-corrected chi connectivity index (χ1v) is 7.32. The number of fused-ring (bicyclic) bond motifs is 1. The molecule has 4 aromatic rings. The predicted molar refractivity (Wildman–Crippen MR) is 87.9 cm³/mol. The minimum absolute atomic E-state index is 0.201. The number of nitrogens with zero attached hydrogens (tertiary/aromatic N) is 3. The number of anilines is 1. The van der Waals surface area contributed by atoms with Crippen molar-refractivity contribution in [3.8, 4) is 0 Å². The molecule has 0 aliphatic rings. The molecular weight excluding hydrogens is 288 g/mol. The van der Waals surface area contributed by atoms with Crippen LogP contribution in [0.2, 0.25) is 0 Å². The molecule has 4 rings (SSSR count). The van der Waals surface area contributed by atoms with Crippen LogP contribution in [-0.2, 0) is 0 Å². The highest BCUT2D eigenvalue weighted by molar-refractivity contribution is 5.82. The Hall–Kier alpha value is -3.21. The van der Waals surface area contributed by atoms with E-state index in [1.165, 1.54) is 6.39 Å². The molecule has 5 heteroatoms. The van der Waals surface area contributed by atoms with Crippen LogP contribution >= 0.6 is 0 Å². The Morgan fingerprint density at radius 3 is 2.70 bits per heavy atom. The number of hydrogen-bond acceptors (Lipinski definition) is 5. The molecule has 2 heterocycles. The molecule has 0 bridgehead atoms. The van der Waals surface area contributed by atoms with Crippen molar-refractivity contribution < 1.29 is 4.42 Å². The minimum Gasteiger partial charge on any atom is -0.425 e. The lowest BCUT2D eigenvalue weighted by molar-refractivity contribution is 0.482. The third-order valence-corrected chi connectivity index (χ3v) is 3.67. The average molecular weight is 302 g/mol.